The molecule has 182 valence electrons. The third kappa shape index (κ3) is 5.56. The molecule has 2 heterocycles. The van der Waals surface area contributed by atoms with Gasteiger partial charge < -0.3 is 10.3 Å². The van der Waals surface area contributed by atoms with Gasteiger partial charge in [0.05, 0.1) is 11.3 Å². The summed E-state index contributed by atoms with van der Waals surface area (Å²) in [5, 5.41) is 6.96. The van der Waals surface area contributed by atoms with E-state index in [-0.39, 0.29) is 23.7 Å². The second-order valence-electron chi connectivity index (χ2n) is 8.41. The Morgan fingerprint density at radius 1 is 1.24 bits per heavy atom. The number of hydrogen-bond donors (Lipinski definition) is 2. The molecule has 0 fully saturated rings. The van der Waals surface area contributed by atoms with Crippen molar-refractivity contribution in [3.63, 3.8) is 0 Å². The molecule has 1 amide bonds. The van der Waals surface area contributed by atoms with Gasteiger partial charge in [0, 0.05) is 43.1 Å². The van der Waals surface area contributed by atoms with Crippen LogP contribution in [-0.4, -0.2) is 32.6 Å². The first-order chi connectivity index (χ1) is 15.9. The fourth-order valence-corrected chi connectivity index (χ4v) is 3.94. The summed E-state index contributed by atoms with van der Waals surface area (Å²) >= 11 is 0. The number of nitrogens with zero attached hydrogens (tertiary/aromatic N) is 3. The van der Waals surface area contributed by atoms with Crippen molar-refractivity contribution in [1.29, 1.82) is 0 Å². The molecule has 3 rings (SSSR count). The van der Waals surface area contributed by atoms with Crippen LogP contribution in [0.25, 0.3) is 0 Å². The zero-order valence-electron chi connectivity index (χ0n) is 19.7. The summed E-state index contributed by atoms with van der Waals surface area (Å²) in [6.45, 7) is 6.34. The maximum Gasteiger partial charge on any atom is 0.416 e. The minimum atomic E-state index is -4.47. The van der Waals surface area contributed by atoms with Gasteiger partial charge in [-0.3, -0.25) is 19.2 Å². The Morgan fingerprint density at radius 3 is 2.53 bits per heavy atom. The highest BCUT2D eigenvalue weighted by atomic mass is 19.4. The normalized spacial score (nSPS) is 12.7. The van der Waals surface area contributed by atoms with Crippen molar-refractivity contribution in [3.05, 3.63) is 86.1 Å². The van der Waals surface area contributed by atoms with Crippen LogP contribution in [-0.2, 0) is 26.3 Å². The van der Waals surface area contributed by atoms with Gasteiger partial charge in [-0.1, -0.05) is 12.1 Å². The van der Waals surface area contributed by atoms with E-state index in [0.717, 1.165) is 29.1 Å². The van der Waals surface area contributed by atoms with Crippen LogP contribution in [0, 0.1) is 13.8 Å². The van der Waals surface area contributed by atoms with Gasteiger partial charge in [0.15, 0.2) is 0 Å². The molecule has 1 atom stereocenters. The number of benzene rings is 1. The number of carbonyl (C=O) groups is 1. The second kappa shape index (κ2) is 9.84. The summed E-state index contributed by atoms with van der Waals surface area (Å²) in [4.78, 5) is 29.8. The molecule has 0 bridgehead atoms. The van der Waals surface area contributed by atoms with Crippen LogP contribution >= 0.6 is 0 Å². The minimum Gasteiger partial charge on any atom is -0.348 e. The number of carbonyl (C=O) groups excluding carboxylic acids is 1. The van der Waals surface area contributed by atoms with Gasteiger partial charge in [-0.15, -0.1) is 0 Å². The first-order valence-corrected chi connectivity index (χ1v) is 10.7. The van der Waals surface area contributed by atoms with E-state index in [4.69, 9.17) is 0 Å². The van der Waals surface area contributed by atoms with E-state index in [2.05, 4.69) is 27.2 Å². The van der Waals surface area contributed by atoms with Crippen LogP contribution in [0.2, 0.25) is 0 Å². The monoisotopic (exact) mass is 475 g/mol. The summed E-state index contributed by atoms with van der Waals surface area (Å²) < 4.78 is 40.4. The largest absolute Gasteiger partial charge is 0.416 e. The Morgan fingerprint density at radius 2 is 1.94 bits per heavy atom. The lowest BCUT2D eigenvalue weighted by Crippen LogP contribution is -2.30. The highest BCUT2D eigenvalue weighted by Gasteiger charge is 2.30. The van der Waals surface area contributed by atoms with E-state index < -0.39 is 23.2 Å². The molecule has 2 aromatic heterocycles. The molecule has 0 aliphatic carbocycles. The van der Waals surface area contributed by atoms with Crippen LogP contribution in [0.4, 0.5) is 13.2 Å². The first-order valence-electron chi connectivity index (χ1n) is 10.7. The number of H-pyrrole nitrogens is 1. The van der Waals surface area contributed by atoms with E-state index in [1.165, 1.54) is 18.2 Å². The second-order valence-corrected chi connectivity index (χ2v) is 8.41. The van der Waals surface area contributed by atoms with E-state index in [0.29, 0.717) is 12.2 Å². The number of alkyl halides is 3. The number of nitrogens with one attached hydrogen (secondary N) is 2. The number of aromatic nitrogens is 3. The summed E-state index contributed by atoms with van der Waals surface area (Å²) in [7, 11) is 3.83. The van der Waals surface area contributed by atoms with Gasteiger partial charge >= 0.3 is 6.18 Å². The molecule has 0 aliphatic rings. The van der Waals surface area contributed by atoms with Gasteiger partial charge in [0.1, 0.15) is 5.56 Å². The first kappa shape index (κ1) is 25.2. The Bertz CT molecular complexity index is 1250. The van der Waals surface area contributed by atoms with E-state index in [1.807, 2.05) is 32.6 Å². The number of aryl methyl sites for hydroxylation is 2. The standard InChI is InChI=1S/C24H28F3N5O2/c1-14-21(16(3)32(5)30-14)15(2)31(4)13-19-9-10-20(23(34)29-19)22(33)28-12-17-7-6-8-18(11-17)24(25,26)27/h6-11,15H,12-13H2,1-5H3,(H,28,33)(H,29,34). The molecule has 0 saturated carbocycles. The van der Waals surface area contributed by atoms with Gasteiger partial charge in [-0.25, -0.2) is 0 Å². The van der Waals surface area contributed by atoms with Crippen molar-refractivity contribution >= 4 is 5.91 Å². The number of halogens is 3. The number of hydrogen-bond acceptors (Lipinski definition) is 4. The van der Waals surface area contributed by atoms with E-state index in [9.17, 15) is 22.8 Å². The summed E-state index contributed by atoms with van der Waals surface area (Å²) in [5.74, 6) is -0.659. The van der Waals surface area contributed by atoms with Crippen molar-refractivity contribution in [2.45, 2.75) is 46.1 Å². The average Bonchev–Trinajstić information content (AvgIpc) is 3.02. The summed E-state index contributed by atoms with van der Waals surface area (Å²) in [5.41, 5.74) is 2.59. The lowest BCUT2D eigenvalue weighted by atomic mass is 10.1. The van der Waals surface area contributed by atoms with Gasteiger partial charge in [-0.2, -0.15) is 18.3 Å². The van der Waals surface area contributed by atoms with Crippen molar-refractivity contribution in [2.75, 3.05) is 7.05 Å². The molecule has 0 saturated heterocycles. The third-order valence-electron chi connectivity index (χ3n) is 5.99. The van der Waals surface area contributed by atoms with Crippen molar-refractivity contribution < 1.29 is 18.0 Å². The van der Waals surface area contributed by atoms with E-state index >= 15 is 0 Å². The number of pyridine rings is 1. The topological polar surface area (TPSA) is 83.0 Å². The van der Waals surface area contributed by atoms with Crippen molar-refractivity contribution in [2.24, 2.45) is 7.05 Å². The van der Waals surface area contributed by atoms with Crippen LogP contribution in [0.15, 0.2) is 41.2 Å². The Labute approximate surface area is 195 Å². The SMILES string of the molecule is Cc1nn(C)c(C)c1C(C)N(C)Cc1ccc(C(=O)NCc2cccc(C(F)(F)F)c2)c(=O)[nH]1. The maximum absolute atomic E-state index is 12.9. The molecule has 7 nitrogen and oxygen atoms in total. The predicted molar refractivity (Wildman–Crippen MR) is 122 cm³/mol. The summed E-state index contributed by atoms with van der Waals surface area (Å²) in [6.07, 6.45) is -4.47. The molecular weight excluding hydrogens is 447 g/mol. The number of rotatable bonds is 7. The average molecular weight is 476 g/mol. The molecule has 1 aromatic carbocycles. The molecule has 0 spiro atoms. The fraction of sp³-hybridized carbons (Fsp3) is 0.375. The quantitative estimate of drug-likeness (QED) is 0.544. The Kier molecular flexibility index (Phi) is 7.30. The highest BCUT2D eigenvalue weighted by molar-refractivity contribution is 5.93. The maximum atomic E-state index is 12.9. The minimum absolute atomic E-state index is 0.0487. The Balaban J connectivity index is 1.66. The predicted octanol–water partition coefficient (Wildman–Crippen LogP) is 3.87. The third-order valence-corrected chi connectivity index (χ3v) is 5.99. The molecule has 0 aliphatic heterocycles. The molecule has 3 aromatic rings. The molecule has 34 heavy (non-hydrogen) atoms. The van der Waals surface area contributed by atoms with E-state index in [1.54, 1.807) is 6.07 Å². The van der Waals surface area contributed by atoms with Crippen LogP contribution in [0.3, 0.4) is 0 Å². The summed E-state index contributed by atoms with van der Waals surface area (Å²) in [6, 6.07) is 7.82. The zero-order chi connectivity index (χ0) is 25.2. The number of amides is 1. The lowest BCUT2D eigenvalue weighted by molar-refractivity contribution is -0.137. The van der Waals surface area contributed by atoms with Gasteiger partial charge in [-0.05, 0) is 57.6 Å². The van der Waals surface area contributed by atoms with Crippen LogP contribution in [0.5, 0.6) is 0 Å². The molecular formula is C24H28F3N5O2. The smallest absolute Gasteiger partial charge is 0.348 e. The Hall–Kier alpha value is -3.40. The van der Waals surface area contributed by atoms with Crippen LogP contribution in [0.1, 0.15) is 57.1 Å². The zero-order valence-corrected chi connectivity index (χ0v) is 19.7. The van der Waals surface area contributed by atoms with Crippen molar-refractivity contribution in [1.82, 2.24) is 25.0 Å². The molecule has 2 N–H and O–H groups in total. The fourth-order valence-electron chi connectivity index (χ4n) is 3.94. The molecule has 1 unspecified atom stereocenters. The van der Waals surface area contributed by atoms with Crippen molar-refractivity contribution in [3.8, 4) is 0 Å². The van der Waals surface area contributed by atoms with Crippen LogP contribution < -0.4 is 10.9 Å². The van der Waals surface area contributed by atoms with Gasteiger partial charge in [0.2, 0.25) is 0 Å². The lowest BCUT2D eigenvalue weighted by Gasteiger charge is -2.25. The highest BCUT2D eigenvalue weighted by Crippen LogP contribution is 2.29. The van der Waals surface area contributed by atoms with Gasteiger partial charge in [0.25, 0.3) is 11.5 Å². The molecule has 0 radical (unpaired) electrons. The number of aromatic amines is 1. The molecule has 10 heteroatoms.